The predicted molar refractivity (Wildman–Crippen MR) is 91.7 cm³/mol. The van der Waals surface area contributed by atoms with Gasteiger partial charge in [-0.05, 0) is 6.92 Å². The fraction of sp³-hybridized carbons (Fsp3) is 0.562. The molecule has 1 unspecified atom stereocenters. The van der Waals surface area contributed by atoms with Crippen molar-refractivity contribution in [2.45, 2.75) is 19.6 Å². The van der Waals surface area contributed by atoms with E-state index in [1.165, 1.54) is 0 Å². The van der Waals surface area contributed by atoms with Crippen LogP contribution in [0.5, 0.6) is 0 Å². The number of nitrogens with zero attached hydrogens (tertiary/aromatic N) is 6. The summed E-state index contributed by atoms with van der Waals surface area (Å²) in [4.78, 5) is 11.1. The zero-order valence-corrected chi connectivity index (χ0v) is 14.3. The van der Waals surface area contributed by atoms with Crippen LogP contribution in [-0.4, -0.2) is 63.0 Å². The Balaban J connectivity index is 1.63. The minimum atomic E-state index is 0.0324. The summed E-state index contributed by atoms with van der Waals surface area (Å²) >= 11 is 0. The number of morpholine rings is 1. The summed E-state index contributed by atoms with van der Waals surface area (Å²) < 4.78 is 9.75. The summed E-state index contributed by atoms with van der Waals surface area (Å²) in [6, 6.07) is 0. The second-order valence-electron chi connectivity index (χ2n) is 5.79. The maximum absolute atomic E-state index is 5.91. The van der Waals surface area contributed by atoms with Crippen LogP contribution in [0.3, 0.4) is 0 Å². The summed E-state index contributed by atoms with van der Waals surface area (Å²) in [5.41, 5.74) is 1.11. The van der Waals surface area contributed by atoms with Crippen molar-refractivity contribution in [3.63, 3.8) is 0 Å². The van der Waals surface area contributed by atoms with Gasteiger partial charge in [0.15, 0.2) is 5.96 Å². The minimum absolute atomic E-state index is 0.0324. The first-order chi connectivity index (χ1) is 11.8. The molecule has 1 aliphatic rings. The summed E-state index contributed by atoms with van der Waals surface area (Å²) in [6.07, 6.45) is 9.47. The third kappa shape index (κ3) is 4.14. The second kappa shape index (κ2) is 7.96. The fourth-order valence-electron chi connectivity index (χ4n) is 2.77. The summed E-state index contributed by atoms with van der Waals surface area (Å²) in [5, 5.41) is 7.62. The normalized spacial score (nSPS) is 18.8. The number of nitrogens with one attached hydrogen (secondary N) is 1. The minimum Gasteiger partial charge on any atom is -0.370 e. The van der Waals surface area contributed by atoms with E-state index in [1.807, 2.05) is 41.2 Å². The van der Waals surface area contributed by atoms with Crippen molar-refractivity contribution in [1.29, 1.82) is 0 Å². The van der Waals surface area contributed by atoms with Crippen molar-refractivity contribution < 1.29 is 4.74 Å². The Morgan fingerprint density at radius 2 is 2.42 bits per heavy atom. The molecule has 8 nitrogen and oxygen atoms in total. The molecule has 0 saturated carbocycles. The number of ether oxygens (including phenoxy) is 1. The van der Waals surface area contributed by atoms with Crippen LogP contribution in [0.2, 0.25) is 0 Å². The smallest absolute Gasteiger partial charge is 0.194 e. The Bertz CT molecular complexity index is 649. The lowest BCUT2D eigenvalue weighted by molar-refractivity contribution is -0.00804. The Hall–Kier alpha value is -2.35. The number of aryl methyl sites for hydroxylation is 1. The van der Waals surface area contributed by atoms with Crippen molar-refractivity contribution in [1.82, 2.24) is 29.5 Å². The first-order valence-electron chi connectivity index (χ1n) is 8.35. The summed E-state index contributed by atoms with van der Waals surface area (Å²) in [5.74, 6) is 0.940. The van der Waals surface area contributed by atoms with E-state index >= 15 is 0 Å². The van der Waals surface area contributed by atoms with Crippen LogP contribution in [0.1, 0.15) is 18.6 Å². The number of rotatable bonds is 5. The molecular formula is C16H25N7O. The lowest BCUT2D eigenvalue weighted by Gasteiger charge is -2.34. The van der Waals surface area contributed by atoms with Crippen molar-refractivity contribution in [2.24, 2.45) is 12.0 Å². The van der Waals surface area contributed by atoms with Gasteiger partial charge in [-0.25, -0.2) is 4.98 Å². The zero-order chi connectivity index (χ0) is 16.8. The first kappa shape index (κ1) is 16.5. The van der Waals surface area contributed by atoms with Gasteiger partial charge >= 0.3 is 0 Å². The van der Waals surface area contributed by atoms with Crippen LogP contribution < -0.4 is 5.32 Å². The van der Waals surface area contributed by atoms with Gasteiger partial charge in [0.1, 0.15) is 6.10 Å². The van der Waals surface area contributed by atoms with E-state index in [0.29, 0.717) is 13.2 Å². The van der Waals surface area contributed by atoms with Crippen molar-refractivity contribution in [3.05, 3.63) is 36.7 Å². The van der Waals surface area contributed by atoms with Crippen LogP contribution in [0.4, 0.5) is 0 Å². The highest BCUT2D eigenvalue weighted by Gasteiger charge is 2.25. The van der Waals surface area contributed by atoms with Gasteiger partial charge in [0.2, 0.25) is 0 Å². The predicted octanol–water partition coefficient (Wildman–Crippen LogP) is 0.656. The Morgan fingerprint density at radius 3 is 3.12 bits per heavy atom. The first-order valence-corrected chi connectivity index (χ1v) is 8.35. The van der Waals surface area contributed by atoms with Crippen molar-refractivity contribution in [3.8, 4) is 0 Å². The molecular weight excluding hydrogens is 306 g/mol. The van der Waals surface area contributed by atoms with Crippen LogP contribution in [0.25, 0.3) is 0 Å². The molecule has 1 aliphatic heterocycles. The Kier molecular flexibility index (Phi) is 5.47. The highest BCUT2D eigenvalue weighted by Crippen LogP contribution is 2.21. The van der Waals surface area contributed by atoms with E-state index in [-0.39, 0.29) is 6.10 Å². The molecule has 0 aromatic carbocycles. The largest absolute Gasteiger partial charge is 0.370 e. The molecule has 1 N–H and O–H groups in total. The standard InChI is InChI=1S/C16H25N7O/c1-3-18-16(19-5-7-22-6-4-17-13-22)23-8-9-24-15(12-23)14-10-20-21(2)11-14/h4,6,10-11,13,15H,3,5,7-9,12H2,1-2H3,(H,18,19). The molecule has 0 bridgehead atoms. The molecule has 130 valence electrons. The molecule has 1 atom stereocenters. The van der Waals surface area contributed by atoms with E-state index in [1.54, 1.807) is 6.20 Å². The van der Waals surface area contributed by atoms with Gasteiger partial charge in [0.25, 0.3) is 0 Å². The van der Waals surface area contributed by atoms with E-state index in [2.05, 4.69) is 27.2 Å². The number of aromatic nitrogens is 4. The van der Waals surface area contributed by atoms with E-state index in [9.17, 15) is 0 Å². The molecule has 2 aromatic heterocycles. The van der Waals surface area contributed by atoms with E-state index < -0.39 is 0 Å². The fourth-order valence-corrected chi connectivity index (χ4v) is 2.77. The van der Waals surface area contributed by atoms with Gasteiger partial charge in [-0.15, -0.1) is 0 Å². The number of guanidine groups is 1. The SMILES string of the molecule is CCNC(=NCCn1ccnc1)N1CCOC(c2cnn(C)c2)C1. The molecule has 2 aromatic rings. The van der Waals surface area contributed by atoms with E-state index in [0.717, 1.165) is 37.7 Å². The highest BCUT2D eigenvalue weighted by molar-refractivity contribution is 5.80. The van der Waals surface area contributed by atoms with Gasteiger partial charge in [-0.1, -0.05) is 0 Å². The molecule has 3 rings (SSSR count). The number of hydrogen-bond acceptors (Lipinski definition) is 4. The number of imidazole rings is 1. The van der Waals surface area contributed by atoms with Gasteiger partial charge < -0.3 is 19.5 Å². The molecule has 3 heterocycles. The second-order valence-corrected chi connectivity index (χ2v) is 5.79. The van der Waals surface area contributed by atoms with Crippen LogP contribution in [0, 0.1) is 0 Å². The van der Waals surface area contributed by atoms with Gasteiger partial charge in [0, 0.05) is 50.8 Å². The average Bonchev–Trinajstić information content (AvgIpc) is 3.26. The number of hydrogen-bond donors (Lipinski definition) is 1. The van der Waals surface area contributed by atoms with Crippen LogP contribution >= 0.6 is 0 Å². The maximum atomic E-state index is 5.91. The lowest BCUT2D eigenvalue weighted by Crippen LogP contribution is -2.48. The topological polar surface area (TPSA) is 72.5 Å². The third-order valence-electron chi connectivity index (χ3n) is 3.98. The van der Waals surface area contributed by atoms with Crippen molar-refractivity contribution in [2.75, 3.05) is 32.8 Å². The van der Waals surface area contributed by atoms with Crippen molar-refractivity contribution >= 4 is 5.96 Å². The Morgan fingerprint density at radius 1 is 1.50 bits per heavy atom. The molecule has 1 fully saturated rings. The summed E-state index contributed by atoms with van der Waals surface area (Å²) in [6.45, 7) is 6.78. The van der Waals surface area contributed by atoms with Gasteiger partial charge in [0.05, 0.1) is 32.2 Å². The lowest BCUT2D eigenvalue weighted by atomic mass is 10.1. The highest BCUT2D eigenvalue weighted by atomic mass is 16.5. The quantitative estimate of drug-likeness (QED) is 0.643. The van der Waals surface area contributed by atoms with Gasteiger partial charge in [-0.3, -0.25) is 9.67 Å². The van der Waals surface area contributed by atoms with Gasteiger partial charge in [-0.2, -0.15) is 5.10 Å². The molecule has 0 amide bonds. The molecule has 8 heteroatoms. The molecule has 1 saturated heterocycles. The zero-order valence-electron chi connectivity index (χ0n) is 14.3. The Labute approximate surface area is 142 Å². The monoisotopic (exact) mass is 331 g/mol. The van der Waals surface area contributed by atoms with E-state index in [4.69, 9.17) is 9.73 Å². The maximum Gasteiger partial charge on any atom is 0.194 e. The third-order valence-corrected chi connectivity index (χ3v) is 3.98. The molecule has 24 heavy (non-hydrogen) atoms. The average molecular weight is 331 g/mol. The number of aliphatic imine (C=N–C) groups is 1. The summed E-state index contributed by atoms with van der Waals surface area (Å²) in [7, 11) is 1.92. The molecule has 0 radical (unpaired) electrons. The molecule has 0 spiro atoms. The molecule has 0 aliphatic carbocycles. The van der Waals surface area contributed by atoms with Crippen LogP contribution in [0.15, 0.2) is 36.1 Å². The van der Waals surface area contributed by atoms with Crippen LogP contribution in [-0.2, 0) is 18.3 Å².